The van der Waals surface area contributed by atoms with Crippen LogP contribution in [0.15, 0.2) is 29.1 Å². The Bertz CT molecular complexity index is 782. The molecule has 1 aliphatic rings. The number of benzene rings is 1. The summed E-state index contributed by atoms with van der Waals surface area (Å²) in [6, 6.07) is 8.13. The van der Waals surface area contributed by atoms with Crippen LogP contribution in [-0.4, -0.2) is 67.1 Å². The van der Waals surface area contributed by atoms with Gasteiger partial charge in [-0.05, 0) is 24.7 Å². The maximum Gasteiger partial charge on any atom is 0.271 e. The zero-order valence-corrected chi connectivity index (χ0v) is 16.5. The van der Waals surface area contributed by atoms with Crippen LogP contribution in [0.25, 0.3) is 0 Å². The number of fused-ring (bicyclic) bond motifs is 1. The minimum Gasteiger partial charge on any atom is -0.497 e. The lowest BCUT2D eigenvalue weighted by molar-refractivity contribution is 0.158. The Kier molecular flexibility index (Phi) is 6.71. The molecule has 0 aliphatic carbocycles. The Morgan fingerprint density at radius 2 is 1.96 bits per heavy atom. The first-order valence-corrected chi connectivity index (χ1v) is 9.44. The van der Waals surface area contributed by atoms with Gasteiger partial charge in [0.05, 0.1) is 25.8 Å². The highest BCUT2D eigenvalue weighted by Gasteiger charge is 2.22. The molecule has 0 unspecified atom stereocenters. The fourth-order valence-electron chi connectivity index (χ4n) is 3.43. The molecule has 1 aromatic heterocycles. The highest BCUT2D eigenvalue weighted by Crippen LogP contribution is 2.18. The summed E-state index contributed by atoms with van der Waals surface area (Å²) < 4.78 is 12.1. The normalized spacial score (nSPS) is 14.5. The predicted octanol–water partition coefficient (Wildman–Crippen LogP) is 1.32. The Labute approximate surface area is 160 Å². The van der Waals surface area contributed by atoms with Crippen LogP contribution in [0.4, 0.5) is 0 Å². The van der Waals surface area contributed by atoms with E-state index in [4.69, 9.17) is 9.47 Å². The molecule has 7 nitrogen and oxygen atoms in total. The van der Waals surface area contributed by atoms with Crippen molar-refractivity contribution in [3.63, 3.8) is 0 Å². The van der Waals surface area contributed by atoms with Crippen molar-refractivity contribution in [1.82, 2.24) is 19.6 Å². The number of ether oxygens (including phenoxy) is 2. The van der Waals surface area contributed by atoms with Gasteiger partial charge in [0.2, 0.25) is 0 Å². The summed E-state index contributed by atoms with van der Waals surface area (Å²) in [6.45, 7) is 5.54. The van der Waals surface area contributed by atoms with E-state index in [2.05, 4.69) is 27.0 Å². The molecule has 0 saturated carbocycles. The highest BCUT2D eigenvalue weighted by molar-refractivity contribution is 5.27. The lowest BCUT2D eigenvalue weighted by atomic mass is 10.1. The number of H-pyrrole nitrogens is 1. The van der Waals surface area contributed by atoms with Gasteiger partial charge >= 0.3 is 0 Å². The maximum atomic E-state index is 12.8. The molecule has 148 valence electrons. The molecule has 3 rings (SSSR count). The summed E-state index contributed by atoms with van der Waals surface area (Å²) in [5, 5.41) is 3.32. The van der Waals surface area contributed by atoms with Gasteiger partial charge in [0.25, 0.3) is 5.56 Å². The number of aromatic nitrogens is 2. The van der Waals surface area contributed by atoms with E-state index in [1.54, 1.807) is 18.9 Å². The molecule has 0 atom stereocenters. The number of likely N-dealkylation sites (N-methyl/N-ethyl adjacent to an activating group) is 1. The molecule has 1 aromatic carbocycles. The lowest BCUT2D eigenvalue weighted by Crippen LogP contribution is -2.33. The Morgan fingerprint density at radius 3 is 2.67 bits per heavy atom. The number of nitrogens with zero attached hydrogens (tertiary/aromatic N) is 3. The molecule has 0 amide bonds. The number of aromatic amines is 1. The number of rotatable bonds is 9. The molecular formula is C20H30N4O3. The quantitative estimate of drug-likeness (QED) is 0.717. The first-order chi connectivity index (χ1) is 13.1. The van der Waals surface area contributed by atoms with Gasteiger partial charge < -0.3 is 14.4 Å². The smallest absolute Gasteiger partial charge is 0.271 e. The van der Waals surface area contributed by atoms with Crippen molar-refractivity contribution in [3.8, 4) is 5.75 Å². The first-order valence-electron chi connectivity index (χ1n) is 9.44. The van der Waals surface area contributed by atoms with Gasteiger partial charge in [-0.2, -0.15) is 0 Å². The van der Waals surface area contributed by atoms with Gasteiger partial charge in [-0.15, -0.1) is 0 Å². The molecule has 0 spiro atoms. The third-order valence-corrected chi connectivity index (χ3v) is 5.14. The SMILES string of the molecule is COCCN(C)CCn1[nH]c2c(c1=O)CN(Cc1ccc(OC)cc1)CC2. The van der Waals surface area contributed by atoms with Crippen LogP contribution in [0.1, 0.15) is 16.8 Å². The summed E-state index contributed by atoms with van der Waals surface area (Å²) in [5.41, 5.74) is 3.35. The van der Waals surface area contributed by atoms with Crippen molar-refractivity contribution in [3.05, 3.63) is 51.4 Å². The van der Waals surface area contributed by atoms with Crippen LogP contribution >= 0.6 is 0 Å². The molecule has 1 aliphatic heterocycles. The number of hydrogen-bond acceptors (Lipinski definition) is 5. The van der Waals surface area contributed by atoms with Crippen molar-refractivity contribution >= 4 is 0 Å². The van der Waals surface area contributed by atoms with E-state index in [-0.39, 0.29) is 5.56 Å². The second-order valence-electron chi connectivity index (χ2n) is 7.13. The molecule has 1 N–H and O–H groups in total. The molecule has 2 heterocycles. The first kappa shape index (κ1) is 19.7. The standard InChI is InChI=1S/C20H30N4O3/c1-22(12-13-26-2)10-11-24-20(25)18-15-23(9-8-19(18)21-24)14-16-4-6-17(27-3)7-5-16/h4-7,21H,8-15H2,1-3H3. The van der Waals surface area contributed by atoms with Crippen molar-refractivity contribution in [2.45, 2.75) is 26.1 Å². The van der Waals surface area contributed by atoms with E-state index >= 15 is 0 Å². The zero-order valence-electron chi connectivity index (χ0n) is 16.5. The highest BCUT2D eigenvalue weighted by atomic mass is 16.5. The minimum absolute atomic E-state index is 0.115. The summed E-state index contributed by atoms with van der Waals surface area (Å²) in [6.07, 6.45) is 0.882. The summed E-state index contributed by atoms with van der Waals surface area (Å²) >= 11 is 0. The molecule has 0 radical (unpaired) electrons. The van der Waals surface area contributed by atoms with Crippen LogP contribution in [0.5, 0.6) is 5.75 Å². The second kappa shape index (κ2) is 9.21. The molecular weight excluding hydrogens is 344 g/mol. The van der Waals surface area contributed by atoms with Gasteiger partial charge in [-0.1, -0.05) is 12.1 Å². The monoisotopic (exact) mass is 374 g/mol. The Hall–Kier alpha value is -2.09. The molecule has 0 bridgehead atoms. The lowest BCUT2D eigenvalue weighted by Gasteiger charge is -2.25. The largest absolute Gasteiger partial charge is 0.497 e. The fraction of sp³-hybridized carbons (Fsp3) is 0.550. The number of hydrogen-bond donors (Lipinski definition) is 1. The second-order valence-corrected chi connectivity index (χ2v) is 7.13. The van der Waals surface area contributed by atoms with E-state index in [0.717, 1.165) is 49.6 Å². The Balaban J connectivity index is 1.60. The van der Waals surface area contributed by atoms with E-state index < -0.39 is 0 Å². The topological polar surface area (TPSA) is 62.7 Å². The van der Waals surface area contributed by atoms with E-state index in [1.165, 1.54) is 5.56 Å². The molecule has 2 aromatic rings. The van der Waals surface area contributed by atoms with Gasteiger partial charge in [0.1, 0.15) is 5.75 Å². The molecule has 27 heavy (non-hydrogen) atoms. The predicted molar refractivity (Wildman–Crippen MR) is 105 cm³/mol. The third kappa shape index (κ3) is 5.00. The van der Waals surface area contributed by atoms with Crippen molar-refractivity contribution in [2.24, 2.45) is 0 Å². The molecule has 7 heteroatoms. The van der Waals surface area contributed by atoms with Gasteiger partial charge in [0, 0.05) is 51.9 Å². The maximum absolute atomic E-state index is 12.8. The van der Waals surface area contributed by atoms with E-state index in [1.807, 2.05) is 19.2 Å². The molecule has 0 saturated heterocycles. The van der Waals surface area contributed by atoms with Crippen LogP contribution < -0.4 is 10.3 Å². The average Bonchev–Trinajstić information content (AvgIpc) is 3.01. The van der Waals surface area contributed by atoms with Gasteiger partial charge in [-0.3, -0.25) is 19.5 Å². The van der Waals surface area contributed by atoms with Crippen LogP contribution in [0.2, 0.25) is 0 Å². The zero-order chi connectivity index (χ0) is 19.2. The van der Waals surface area contributed by atoms with Crippen LogP contribution in [0.3, 0.4) is 0 Å². The van der Waals surface area contributed by atoms with Crippen LogP contribution in [-0.2, 0) is 30.8 Å². The van der Waals surface area contributed by atoms with E-state index in [0.29, 0.717) is 19.7 Å². The van der Waals surface area contributed by atoms with Crippen molar-refractivity contribution in [2.75, 3.05) is 47.5 Å². The fourth-order valence-corrected chi connectivity index (χ4v) is 3.43. The third-order valence-electron chi connectivity index (χ3n) is 5.14. The summed E-state index contributed by atoms with van der Waals surface area (Å²) in [7, 11) is 5.42. The number of methoxy groups -OCH3 is 2. The Morgan fingerprint density at radius 1 is 1.19 bits per heavy atom. The van der Waals surface area contributed by atoms with Gasteiger partial charge in [0.15, 0.2) is 0 Å². The van der Waals surface area contributed by atoms with Crippen molar-refractivity contribution in [1.29, 1.82) is 0 Å². The number of nitrogens with one attached hydrogen (secondary N) is 1. The summed E-state index contributed by atoms with van der Waals surface area (Å²) in [5.74, 6) is 0.865. The molecule has 0 fully saturated rings. The minimum atomic E-state index is 0.115. The van der Waals surface area contributed by atoms with E-state index in [9.17, 15) is 4.79 Å². The van der Waals surface area contributed by atoms with Gasteiger partial charge in [-0.25, -0.2) is 0 Å². The van der Waals surface area contributed by atoms with Crippen molar-refractivity contribution < 1.29 is 9.47 Å². The van der Waals surface area contributed by atoms with Crippen LogP contribution in [0, 0.1) is 0 Å². The average molecular weight is 374 g/mol. The summed E-state index contributed by atoms with van der Waals surface area (Å²) in [4.78, 5) is 17.3.